The zero-order valence-corrected chi connectivity index (χ0v) is 14.6. The highest BCUT2D eigenvalue weighted by molar-refractivity contribution is 9.13. The predicted molar refractivity (Wildman–Crippen MR) is 87.9 cm³/mol. The molecule has 4 nitrogen and oxygen atoms in total. The normalized spacial score (nSPS) is 14.1. The van der Waals surface area contributed by atoms with Gasteiger partial charge in [0.15, 0.2) is 0 Å². The van der Waals surface area contributed by atoms with Crippen LogP contribution in [0.1, 0.15) is 23.2 Å². The number of aryl methyl sites for hydroxylation is 1. The minimum absolute atomic E-state index is 0.203. The van der Waals surface area contributed by atoms with Crippen molar-refractivity contribution in [1.29, 1.82) is 0 Å². The van der Waals surface area contributed by atoms with Crippen molar-refractivity contribution in [3.63, 3.8) is 0 Å². The Balaban J connectivity index is 1.63. The first-order chi connectivity index (χ1) is 10.1. The van der Waals surface area contributed by atoms with Gasteiger partial charge in [0.05, 0.1) is 9.08 Å². The maximum absolute atomic E-state index is 12.4. The zero-order chi connectivity index (χ0) is 14.8. The number of pyridine rings is 1. The second-order valence-electron chi connectivity index (χ2n) is 5.14. The topological polar surface area (TPSA) is 49.0 Å². The molecule has 0 aliphatic carbocycles. The van der Waals surface area contributed by atoms with E-state index in [1.54, 1.807) is 6.20 Å². The van der Waals surface area contributed by atoms with Crippen LogP contribution in [0, 0.1) is 0 Å². The van der Waals surface area contributed by atoms with Crippen molar-refractivity contribution >= 4 is 37.8 Å². The fourth-order valence-corrected chi connectivity index (χ4v) is 3.53. The van der Waals surface area contributed by atoms with E-state index >= 15 is 0 Å². The molecule has 1 aliphatic heterocycles. The van der Waals surface area contributed by atoms with Crippen LogP contribution in [-0.2, 0) is 24.2 Å². The minimum atomic E-state index is 0.203. The summed E-state index contributed by atoms with van der Waals surface area (Å²) in [5, 5.41) is 0. The molecule has 0 unspecified atom stereocenters. The molecule has 1 N–H and O–H groups in total. The summed E-state index contributed by atoms with van der Waals surface area (Å²) in [6, 6.07) is 3.91. The third kappa shape index (κ3) is 3.21. The van der Waals surface area contributed by atoms with Gasteiger partial charge in [0.2, 0.25) is 5.91 Å². The number of amides is 1. The molecule has 0 fully saturated rings. The quantitative estimate of drug-likeness (QED) is 0.839. The average Bonchev–Trinajstić information content (AvgIpc) is 2.80. The number of hydrogen-bond donors (Lipinski definition) is 1. The van der Waals surface area contributed by atoms with Crippen molar-refractivity contribution in [3.05, 3.63) is 50.4 Å². The van der Waals surface area contributed by atoms with E-state index in [1.165, 1.54) is 11.3 Å². The van der Waals surface area contributed by atoms with E-state index in [4.69, 9.17) is 0 Å². The van der Waals surface area contributed by atoms with E-state index < -0.39 is 0 Å². The molecule has 21 heavy (non-hydrogen) atoms. The van der Waals surface area contributed by atoms with E-state index in [0.29, 0.717) is 13.0 Å². The predicted octanol–water partition coefficient (Wildman–Crippen LogP) is 3.45. The first-order valence-electron chi connectivity index (χ1n) is 6.86. The third-order valence-electron chi connectivity index (χ3n) is 3.77. The van der Waals surface area contributed by atoms with Gasteiger partial charge in [0, 0.05) is 49.6 Å². The second kappa shape index (κ2) is 6.32. The summed E-state index contributed by atoms with van der Waals surface area (Å²) < 4.78 is 1.99. The lowest BCUT2D eigenvalue weighted by Gasteiger charge is -2.27. The van der Waals surface area contributed by atoms with Gasteiger partial charge in [0.1, 0.15) is 0 Å². The lowest BCUT2D eigenvalue weighted by atomic mass is 10.1. The molecule has 3 rings (SSSR count). The SMILES string of the molecule is O=C(CCc1cccnc1)N1CCc2[nH]c(Br)c(Br)c2C1. The number of nitrogens with one attached hydrogen (secondary N) is 1. The summed E-state index contributed by atoms with van der Waals surface area (Å²) in [5.41, 5.74) is 3.50. The molecular weight excluding hydrogens is 398 g/mol. The van der Waals surface area contributed by atoms with Gasteiger partial charge in [-0.1, -0.05) is 6.07 Å². The number of nitrogens with zero attached hydrogens (tertiary/aromatic N) is 2. The number of aromatic amines is 1. The molecule has 0 atom stereocenters. The van der Waals surface area contributed by atoms with E-state index in [-0.39, 0.29) is 5.91 Å². The number of H-pyrrole nitrogens is 1. The molecule has 0 aromatic carbocycles. The van der Waals surface area contributed by atoms with Crippen LogP contribution < -0.4 is 0 Å². The Hall–Kier alpha value is -1.14. The van der Waals surface area contributed by atoms with E-state index in [1.807, 2.05) is 23.2 Å². The number of rotatable bonds is 3. The average molecular weight is 413 g/mol. The highest BCUT2D eigenvalue weighted by Gasteiger charge is 2.24. The summed E-state index contributed by atoms with van der Waals surface area (Å²) in [7, 11) is 0. The van der Waals surface area contributed by atoms with Gasteiger partial charge in [-0.2, -0.15) is 0 Å². The van der Waals surface area contributed by atoms with Crippen molar-refractivity contribution in [3.8, 4) is 0 Å². The second-order valence-corrected chi connectivity index (χ2v) is 6.72. The largest absolute Gasteiger partial charge is 0.352 e. The van der Waals surface area contributed by atoms with Gasteiger partial charge in [-0.25, -0.2) is 0 Å². The summed E-state index contributed by atoms with van der Waals surface area (Å²) in [5.74, 6) is 0.203. The molecule has 3 heterocycles. The van der Waals surface area contributed by atoms with Crippen molar-refractivity contribution in [1.82, 2.24) is 14.9 Å². The van der Waals surface area contributed by atoms with Gasteiger partial charge < -0.3 is 9.88 Å². The summed E-state index contributed by atoms with van der Waals surface area (Å²) >= 11 is 7.05. The Labute approximate surface area is 140 Å². The number of fused-ring (bicyclic) bond motifs is 1. The van der Waals surface area contributed by atoms with E-state index in [0.717, 1.165) is 34.0 Å². The maximum atomic E-state index is 12.4. The Kier molecular flexibility index (Phi) is 4.45. The minimum Gasteiger partial charge on any atom is -0.352 e. The lowest BCUT2D eigenvalue weighted by Crippen LogP contribution is -2.36. The van der Waals surface area contributed by atoms with Crippen LogP contribution in [-0.4, -0.2) is 27.3 Å². The van der Waals surface area contributed by atoms with Crippen LogP contribution in [0.5, 0.6) is 0 Å². The van der Waals surface area contributed by atoms with Gasteiger partial charge in [0.25, 0.3) is 0 Å². The monoisotopic (exact) mass is 411 g/mol. The molecule has 1 amide bonds. The molecule has 6 heteroatoms. The Morgan fingerprint density at radius 3 is 3.05 bits per heavy atom. The van der Waals surface area contributed by atoms with Crippen molar-refractivity contribution < 1.29 is 4.79 Å². The molecule has 0 saturated carbocycles. The molecule has 2 aromatic rings. The van der Waals surface area contributed by atoms with Crippen molar-refractivity contribution in [2.24, 2.45) is 0 Å². The molecule has 0 spiro atoms. The molecule has 1 aliphatic rings. The van der Waals surface area contributed by atoms with Gasteiger partial charge in [-0.05, 0) is 49.9 Å². The van der Waals surface area contributed by atoms with Crippen molar-refractivity contribution in [2.45, 2.75) is 25.8 Å². The molecule has 0 radical (unpaired) electrons. The summed E-state index contributed by atoms with van der Waals surface area (Å²) in [4.78, 5) is 21.7. The van der Waals surface area contributed by atoms with Gasteiger partial charge >= 0.3 is 0 Å². The van der Waals surface area contributed by atoms with Crippen LogP contribution in [0.15, 0.2) is 33.6 Å². The molecule has 0 bridgehead atoms. The van der Waals surface area contributed by atoms with Gasteiger partial charge in [-0.3, -0.25) is 9.78 Å². The van der Waals surface area contributed by atoms with Crippen LogP contribution >= 0.6 is 31.9 Å². The third-order valence-corrected chi connectivity index (χ3v) is 5.77. The standard InChI is InChI=1S/C15H15Br2N3O/c16-14-11-9-20(7-5-12(11)19-15(14)17)13(21)4-3-10-2-1-6-18-8-10/h1-2,6,8,19H,3-5,7,9H2. The summed E-state index contributed by atoms with van der Waals surface area (Å²) in [6.45, 7) is 1.45. The van der Waals surface area contributed by atoms with Crippen LogP contribution in [0.4, 0.5) is 0 Å². The van der Waals surface area contributed by atoms with Crippen LogP contribution in [0.25, 0.3) is 0 Å². The Bertz CT molecular complexity index is 654. The Morgan fingerprint density at radius 1 is 1.43 bits per heavy atom. The number of hydrogen-bond acceptors (Lipinski definition) is 2. The van der Waals surface area contributed by atoms with E-state index in [9.17, 15) is 4.79 Å². The maximum Gasteiger partial charge on any atom is 0.223 e. The first kappa shape index (κ1) is 14.8. The number of carbonyl (C=O) groups is 1. The number of halogens is 2. The molecule has 2 aromatic heterocycles. The highest BCUT2D eigenvalue weighted by atomic mass is 79.9. The number of carbonyl (C=O) groups excluding carboxylic acids is 1. The zero-order valence-electron chi connectivity index (χ0n) is 11.4. The Morgan fingerprint density at radius 2 is 2.29 bits per heavy atom. The van der Waals surface area contributed by atoms with E-state index in [2.05, 4.69) is 41.8 Å². The van der Waals surface area contributed by atoms with Gasteiger partial charge in [-0.15, -0.1) is 0 Å². The highest BCUT2D eigenvalue weighted by Crippen LogP contribution is 2.33. The fourth-order valence-electron chi connectivity index (χ4n) is 2.59. The fraction of sp³-hybridized carbons (Fsp3) is 0.333. The van der Waals surface area contributed by atoms with Crippen LogP contribution in [0.3, 0.4) is 0 Å². The van der Waals surface area contributed by atoms with Crippen molar-refractivity contribution in [2.75, 3.05) is 6.54 Å². The van der Waals surface area contributed by atoms with Crippen LogP contribution in [0.2, 0.25) is 0 Å². The lowest BCUT2D eigenvalue weighted by molar-refractivity contribution is -0.132. The summed E-state index contributed by atoms with van der Waals surface area (Å²) in [6.07, 6.45) is 5.72. The molecule has 110 valence electrons. The first-order valence-corrected chi connectivity index (χ1v) is 8.45. The number of aromatic nitrogens is 2. The smallest absolute Gasteiger partial charge is 0.223 e. The molecular formula is C15H15Br2N3O. The molecule has 0 saturated heterocycles.